The maximum atomic E-state index is 6.59. The number of ether oxygens (including phenoxy) is 1. The summed E-state index contributed by atoms with van der Waals surface area (Å²) in [7, 11) is 1.50. The van der Waals surface area contributed by atoms with Crippen LogP contribution in [-0.2, 0) is 0 Å². The van der Waals surface area contributed by atoms with Crippen LogP contribution in [-0.4, -0.2) is 12.0 Å². The van der Waals surface area contributed by atoms with E-state index in [0.29, 0.717) is 5.88 Å². The number of rotatable bonds is 4. The molecule has 35 heavy (non-hydrogen) atoms. The molecule has 1 aromatic heterocycles. The summed E-state index contributed by atoms with van der Waals surface area (Å²) in [4.78, 5) is 4.89. The zero-order valence-corrected chi connectivity index (χ0v) is 22.4. The summed E-state index contributed by atoms with van der Waals surface area (Å²) in [5, 5.41) is 1.10. The van der Waals surface area contributed by atoms with Crippen molar-refractivity contribution in [2.45, 2.75) is 32.8 Å². The van der Waals surface area contributed by atoms with Crippen molar-refractivity contribution >= 4 is 39.0 Å². The molecule has 1 aliphatic rings. The minimum atomic E-state index is -0.170. The predicted octanol–water partition coefficient (Wildman–Crippen LogP) is 8.54. The highest BCUT2D eigenvalue weighted by atomic mass is 79.9. The second-order valence-electron chi connectivity index (χ2n) is 7.70. The average molecular weight is 530 g/mol. The third kappa shape index (κ3) is 5.39. The van der Waals surface area contributed by atoms with Gasteiger partial charge in [0, 0.05) is 21.0 Å². The van der Waals surface area contributed by atoms with Gasteiger partial charge in [-0.25, -0.2) is 4.98 Å². The van der Waals surface area contributed by atoms with Gasteiger partial charge in [0.1, 0.15) is 6.10 Å². The van der Waals surface area contributed by atoms with Crippen molar-refractivity contribution in [1.29, 1.82) is 0 Å². The van der Waals surface area contributed by atoms with Gasteiger partial charge < -0.3 is 10.5 Å². The van der Waals surface area contributed by atoms with Crippen LogP contribution < -0.4 is 10.5 Å². The lowest BCUT2D eigenvalue weighted by Crippen LogP contribution is -2.13. The van der Waals surface area contributed by atoms with Crippen molar-refractivity contribution < 1.29 is 4.74 Å². The Hall–Kier alpha value is -3.21. The van der Waals surface area contributed by atoms with E-state index in [1.807, 2.05) is 39.0 Å². The number of hydrogen-bond donors (Lipinski definition) is 1. The fourth-order valence-corrected chi connectivity index (χ4v) is 4.84. The van der Waals surface area contributed by atoms with Gasteiger partial charge in [0.25, 0.3) is 0 Å². The van der Waals surface area contributed by atoms with Crippen LogP contribution >= 0.6 is 15.9 Å². The van der Waals surface area contributed by atoms with Gasteiger partial charge in [-0.05, 0) is 54.9 Å². The third-order valence-electron chi connectivity index (χ3n) is 5.84. The first-order valence-corrected chi connectivity index (χ1v) is 12.8. The lowest BCUT2D eigenvalue weighted by atomic mass is 9.83. The SMILES string of the molecule is C=Cc1cccc(C2Oc3nc4ccc(Br)cc4cc3[C@@H]2c2ccccc2)c1/C=C\C.CC.CN. The summed E-state index contributed by atoms with van der Waals surface area (Å²) in [5.74, 6) is 0.764. The van der Waals surface area contributed by atoms with E-state index in [2.05, 4.69) is 101 Å². The second kappa shape index (κ2) is 12.5. The molecule has 2 N–H and O–H groups in total. The molecule has 0 saturated carbocycles. The normalized spacial score (nSPS) is 15.9. The van der Waals surface area contributed by atoms with Crippen molar-refractivity contribution in [2.24, 2.45) is 5.73 Å². The summed E-state index contributed by atoms with van der Waals surface area (Å²) < 4.78 is 7.64. The Balaban J connectivity index is 0.000000815. The van der Waals surface area contributed by atoms with Crippen molar-refractivity contribution in [3.05, 3.63) is 118 Å². The predicted molar refractivity (Wildman–Crippen MR) is 154 cm³/mol. The molecule has 1 unspecified atom stereocenters. The highest BCUT2D eigenvalue weighted by Gasteiger charge is 2.39. The zero-order valence-electron chi connectivity index (χ0n) is 20.8. The molecule has 2 heterocycles. The van der Waals surface area contributed by atoms with Gasteiger partial charge in [0.2, 0.25) is 5.88 Å². The third-order valence-corrected chi connectivity index (χ3v) is 6.33. The summed E-state index contributed by atoms with van der Waals surface area (Å²) in [6, 6.07) is 25.3. The van der Waals surface area contributed by atoms with Crippen LogP contribution in [0.2, 0.25) is 0 Å². The Morgan fingerprint density at radius 2 is 1.69 bits per heavy atom. The molecular formula is C31H33BrN2O. The zero-order chi connectivity index (χ0) is 25.4. The fourth-order valence-electron chi connectivity index (χ4n) is 4.46. The molecule has 1 aliphatic heterocycles. The van der Waals surface area contributed by atoms with Gasteiger partial charge >= 0.3 is 0 Å². The summed E-state index contributed by atoms with van der Waals surface area (Å²) in [6.45, 7) is 10.0. The second-order valence-corrected chi connectivity index (χ2v) is 8.62. The number of nitrogens with two attached hydrogens (primary N) is 1. The number of aromatic nitrogens is 1. The number of halogens is 1. The molecule has 2 atom stereocenters. The molecule has 5 rings (SSSR count). The molecule has 0 bridgehead atoms. The van der Waals surface area contributed by atoms with Crippen molar-refractivity contribution in [2.75, 3.05) is 7.05 Å². The molecule has 0 fully saturated rings. The van der Waals surface area contributed by atoms with E-state index in [4.69, 9.17) is 9.72 Å². The van der Waals surface area contributed by atoms with Crippen LogP contribution in [0.4, 0.5) is 0 Å². The molecule has 180 valence electrons. The van der Waals surface area contributed by atoms with Crippen LogP contribution in [0.5, 0.6) is 5.88 Å². The van der Waals surface area contributed by atoms with Gasteiger partial charge in [0.15, 0.2) is 0 Å². The monoisotopic (exact) mass is 528 g/mol. The number of fused-ring (bicyclic) bond motifs is 2. The first-order valence-electron chi connectivity index (χ1n) is 12.0. The fraction of sp³-hybridized carbons (Fsp3) is 0.194. The maximum Gasteiger partial charge on any atom is 0.218 e. The van der Waals surface area contributed by atoms with E-state index in [1.165, 1.54) is 12.6 Å². The molecule has 0 amide bonds. The molecular weight excluding hydrogens is 496 g/mol. The molecule has 3 nitrogen and oxygen atoms in total. The van der Waals surface area contributed by atoms with Crippen molar-refractivity contribution in [3.63, 3.8) is 0 Å². The molecule has 0 aliphatic carbocycles. The van der Waals surface area contributed by atoms with Gasteiger partial charge in [-0.1, -0.05) is 103 Å². The molecule has 0 spiro atoms. The number of hydrogen-bond acceptors (Lipinski definition) is 3. The van der Waals surface area contributed by atoms with E-state index < -0.39 is 0 Å². The Labute approximate surface area is 217 Å². The Bertz CT molecular complexity index is 1310. The molecule has 4 aromatic rings. The van der Waals surface area contributed by atoms with Gasteiger partial charge in [-0.15, -0.1) is 0 Å². The molecule has 0 saturated heterocycles. The molecule has 0 radical (unpaired) electrons. The van der Waals surface area contributed by atoms with E-state index >= 15 is 0 Å². The van der Waals surface area contributed by atoms with Gasteiger partial charge in [-0.2, -0.15) is 0 Å². The van der Waals surface area contributed by atoms with Crippen molar-refractivity contribution in [3.8, 4) is 5.88 Å². The maximum absolute atomic E-state index is 6.59. The lowest BCUT2D eigenvalue weighted by Gasteiger charge is -2.22. The Kier molecular flexibility index (Phi) is 9.41. The summed E-state index contributed by atoms with van der Waals surface area (Å²) >= 11 is 3.59. The summed E-state index contributed by atoms with van der Waals surface area (Å²) in [6.07, 6.45) is 5.94. The van der Waals surface area contributed by atoms with E-state index in [1.54, 1.807) is 0 Å². The highest BCUT2D eigenvalue weighted by molar-refractivity contribution is 9.10. The van der Waals surface area contributed by atoms with Gasteiger partial charge in [0.05, 0.1) is 11.4 Å². The minimum absolute atomic E-state index is 0.0520. The number of allylic oxidation sites excluding steroid dienone is 1. The number of nitrogens with zero attached hydrogens (tertiary/aromatic N) is 1. The van der Waals surface area contributed by atoms with E-state index in [-0.39, 0.29) is 12.0 Å². The van der Waals surface area contributed by atoms with Crippen LogP contribution in [0.15, 0.2) is 89.9 Å². The Morgan fingerprint density at radius 1 is 0.943 bits per heavy atom. The number of pyridine rings is 1. The van der Waals surface area contributed by atoms with Crippen molar-refractivity contribution in [1.82, 2.24) is 4.98 Å². The highest BCUT2D eigenvalue weighted by Crippen LogP contribution is 2.50. The van der Waals surface area contributed by atoms with Crippen LogP contribution in [0.3, 0.4) is 0 Å². The standard InChI is InChI=1S/C28H22BrNO.C2H6.CH5N/c1-3-9-22-18(4-2)12-8-13-23(22)27-26(19-10-6-5-7-11-19)24-17-20-16-21(29)14-15-25(20)30-28(24)31-27;2*1-2/h3-17,26-27H,2H2,1H3;1-2H3;2H2,1H3/b9-3-;;/t26-,27?;;/m0../s1. The minimum Gasteiger partial charge on any atom is -0.468 e. The largest absolute Gasteiger partial charge is 0.468 e. The van der Waals surface area contributed by atoms with Crippen LogP contribution in [0.25, 0.3) is 23.1 Å². The first-order chi connectivity index (χ1) is 17.2. The van der Waals surface area contributed by atoms with E-state index in [0.717, 1.165) is 37.6 Å². The summed E-state index contributed by atoms with van der Waals surface area (Å²) in [5.41, 5.74) is 11.2. The van der Waals surface area contributed by atoms with Gasteiger partial charge in [-0.3, -0.25) is 0 Å². The number of benzene rings is 3. The molecule has 3 aromatic carbocycles. The van der Waals surface area contributed by atoms with Crippen LogP contribution in [0, 0.1) is 0 Å². The van der Waals surface area contributed by atoms with E-state index in [9.17, 15) is 0 Å². The molecule has 4 heteroatoms. The first kappa shape index (κ1) is 26.4. The quantitative estimate of drug-likeness (QED) is 0.288. The lowest BCUT2D eigenvalue weighted by molar-refractivity contribution is 0.215. The van der Waals surface area contributed by atoms with Crippen LogP contribution in [0.1, 0.15) is 60.6 Å². The average Bonchev–Trinajstić information content (AvgIpc) is 3.28. The smallest absolute Gasteiger partial charge is 0.218 e. The Morgan fingerprint density at radius 3 is 2.37 bits per heavy atom. The topological polar surface area (TPSA) is 48.1 Å².